The molecule has 0 bridgehead atoms. The molecule has 1 aliphatic heterocycles. The normalized spacial score (nSPS) is 18.8. The quantitative estimate of drug-likeness (QED) is 0.0888. The van der Waals surface area contributed by atoms with Crippen LogP contribution in [-0.2, 0) is 35.3 Å². The molecule has 1 heterocycles. The summed E-state index contributed by atoms with van der Waals surface area (Å²) in [4.78, 5) is 22.9. The number of benzene rings is 4. The molecule has 1 aliphatic carbocycles. The highest BCUT2D eigenvalue weighted by atomic mass is 16.5. The molecule has 0 saturated carbocycles. The van der Waals surface area contributed by atoms with E-state index >= 15 is 0 Å². The zero-order chi connectivity index (χ0) is 31.1. The first-order valence-corrected chi connectivity index (χ1v) is 15.2. The lowest BCUT2D eigenvalue weighted by atomic mass is 9.80. The van der Waals surface area contributed by atoms with E-state index in [4.69, 9.17) is 25.1 Å². The predicted molar refractivity (Wildman–Crippen MR) is 172 cm³/mol. The van der Waals surface area contributed by atoms with E-state index in [0.29, 0.717) is 36.7 Å². The molecule has 4 aromatic rings. The molecule has 0 spiro atoms. The maximum absolute atomic E-state index is 14.7. The van der Waals surface area contributed by atoms with E-state index in [1.807, 2.05) is 91.0 Å². The van der Waals surface area contributed by atoms with Crippen LogP contribution in [0.25, 0.3) is 10.4 Å². The Kier molecular flexibility index (Phi) is 9.10. The van der Waals surface area contributed by atoms with Gasteiger partial charge >= 0.3 is 0 Å². The monoisotopic (exact) mass is 601 g/mol. The molecular formula is C36H35N5O4. The molecular weight excluding hydrogens is 566 g/mol. The lowest BCUT2D eigenvalue weighted by Crippen LogP contribution is -2.53. The van der Waals surface area contributed by atoms with Crippen LogP contribution >= 0.6 is 0 Å². The molecule has 45 heavy (non-hydrogen) atoms. The van der Waals surface area contributed by atoms with Gasteiger partial charge in [0.25, 0.3) is 5.91 Å². The van der Waals surface area contributed by atoms with Gasteiger partial charge in [0.15, 0.2) is 11.6 Å². The third-order valence-corrected chi connectivity index (χ3v) is 8.37. The number of ether oxygens (including phenoxy) is 2. The van der Waals surface area contributed by atoms with Gasteiger partial charge in [0.1, 0.15) is 5.75 Å². The Hall–Kier alpha value is -5.11. The Morgan fingerprint density at radius 3 is 2.38 bits per heavy atom. The number of carbonyl (C=O) groups excluding carboxylic acids is 1. The molecule has 0 saturated heterocycles. The van der Waals surface area contributed by atoms with Gasteiger partial charge in [-0.1, -0.05) is 84.0 Å². The van der Waals surface area contributed by atoms with Crippen molar-refractivity contribution < 1.29 is 19.4 Å². The van der Waals surface area contributed by atoms with Crippen molar-refractivity contribution in [3.05, 3.63) is 147 Å². The first-order valence-electron chi connectivity index (χ1n) is 15.2. The molecule has 0 fully saturated rings. The summed E-state index contributed by atoms with van der Waals surface area (Å²) >= 11 is 0. The van der Waals surface area contributed by atoms with Crippen LogP contribution in [0.15, 0.2) is 113 Å². The average Bonchev–Trinajstić information content (AvgIpc) is 3.66. The van der Waals surface area contributed by atoms with Crippen LogP contribution in [0.1, 0.15) is 45.9 Å². The van der Waals surface area contributed by atoms with Crippen LogP contribution in [0, 0.1) is 0 Å². The van der Waals surface area contributed by atoms with Crippen LogP contribution in [0.4, 0.5) is 0 Å². The number of aliphatic imine (C=N–C) groups is 1. The van der Waals surface area contributed by atoms with Crippen molar-refractivity contribution in [1.29, 1.82) is 0 Å². The number of carbonyl (C=O) groups is 1. The fraction of sp³-hybridized carbons (Fsp3) is 0.278. The summed E-state index contributed by atoms with van der Waals surface area (Å²) in [7, 11) is 0. The number of hydrogen-bond acceptors (Lipinski definition) is 6. The second-order valence-electron chi connectivity index (χ2n) is 11.4. The van der Waals surface area contributed by atoms with Crippen molar-refractivity contribution in [2.45, 2.75) is 49.9 Å². The van der Waals surface area contributed by atoms with Gasteiger partial charge in [0.2, 0.25) is 5.90 Å². The topological polar surface area (TPSA) is 129 Å². The molecule has 0 radical (unpaired) electrons. The summed E-state index contributed by atoms with van der Waals surface area (Å²) in [5.74, 6) is 0.795. The Morgan fingerprint density at radius 2 is 1.67 bits per heavy atom. The highest BCUT2D eigenvalue weighted by Gasteiger charge is 2.54. The summed E-state index contributed by atoms with van der Waals surface area (Å²) < 4.78 is 12.4. The first-order chi connectivity index (χ1) is 22.1. The fourth-order valence-corrected chi connectivity index (χ4v) is 6.18. The number of rotatable bonds is 12. The third-order valence-electron chi connectivity index (χ3n) is 8.37. The molecule has 0 aromatic heterocycles. The van der Waals surface area contributed by atoms with Crippen molar-refractivity contribution in [1.82, 2.24) is 5.32 Å². The minimum atomic E-state index is -1.35. The maximum atomic E-state index is 14.7. The third kappa shape index (κ3) is 6.55. The molecule has 2 N–H and O–H groups in total. The lowest BCUT2D eigenvalue weighted by Gasteiger charge is -2.33. The second kappa shape index (κ2) is 13.7. The van der Waals surface area contributed by atoms with E-state index in [1.54, 1.807) is 0 Å². The van der Waals surface area contributed by atoms with Crippen LogP contribution in [-0.4, -0.2) is 41.7 Å². The van der Waals surface area contributed by atoms with E-state index in [0.717, 1.165) is 29.5 Å². The minimum Gasteiger partial charge on any atom is -0.494 e. The second-order valence-corrected chi connectivity index (χ2v) is 11.4. The van der Waals surface area contributed by atoms with Crippen LogP contribution in [0.5, 0.6) is 5.75 Å². The molecule has 6 rings (SSSR count). The fourth-order valence-electron chi connectivity index (χ4n) is 6.18. The van der Waals surface area contributed by atoms with Crippen LogP contribution in [0.3, 0.4) is 0 Å². The molecule has 228 valence electrons. The summed E-state index contributed by atoms with van der Waals surface area (Å²) in [5, 5.41) is 16.3. The molecule has 4 aromatic carbocycles. The van der Waals surface area contributed by atoms with Gasteiger partial charge in [-0.15, -0.1) is 0 Å². The van der Waals surface area contributed by atoms with Crippen molar-refractivity contribution >= 4 is 11.8 Å². The first kappa shape index (κ1) is 29.9. The van der Waals surface area contributed by atoms with Gasteiger partial charge in [0.05, 0.1) is 13.2 Å². The van der Waals surface area contributed by atoms with Gasteiger partial charge in [-0.25, -0.2) is 4.99 Å². The van der Waals surface area contributed by atoms with Crippen molar-refractivity contribution in [2.75, 3.05) is 13.2 Å². The molecule has 0 unspecified atom stereocenters. The van der Waals surface area contributed by atoms with Gasteiger partial charge in [-0.2, -0.15) is 0 Å². The lowest BCUT2D eigenvalue weighted by molar-refractivity contribution is -0.129. The van der Waals surface area contributed by atoms with Crippen molar-refractivity contribution in [3.8, 4) is 5.75 Å². The average molecular weight is 602 g/mol. The predicted octanol–water partition coefficient (Wildman–Crippen LogP) is 6.04. The van der Waals surface area contributed by atoms with Gasteiger partial charge in [0, 0.05) is 36.0 Å². The standard InChI is InChI=1S/C36H35N5O4/c37-41-38-24-29-13-6-7-14-32(29)33-36(23-25-9-2-1-3-10-25,35(43)39-30-21-27-11-4-5-12-28(27)22-30)40-34(45-33)26-15-17-31(18-16-26)44-20-8-19-42/h1-7,9-18,30,33,42H,8,19-24H2,(H,39,43)/t33-,36-/m1/s1. The van der Waals surface area contributed by atoms with E-state index in [1.165, 1.54) is 11.1 Å². The zero-order valence-electron chi connectivity index (χ0n) is 24.9. The summed E-state index contributed by atoms with van der Waals surface area (Å²) in [5.41, 5.74) is 13.4. The molecule has 9 heteroatoms. The Morgan fingerprint density at radius 1 is 0.978 bits per heavy atom. The van der Waals surface area contributed by atoms with Crippen LogP contribution < -0.4 is 10.1 Å². The van der Waals surface area contributed by atoms with Crippen LogP contribution in [0.2, 0.25) is 0 Å². The number of nitrogens with zero attached hydrogens (tertiary/aromatic N) is 4. The van der Waals surface area contributed by atoms with E-state index in [2.05, 4.69) is 27.5 Å². The molecule has 1 amide bonds. The van der Waals surface area contributed by atoms with Gasteiger partial charge in [-0.3, -0.25) is 4.79 Å². The van der Waals surface area contributed by atoms with Gasteiger partial charge < -0.3 is 19.9 Å². The van der Waals surface area contributed by atoms with Crippen molar-refractivity contribution in [3.63, 3.8) is 0 Å². The minimum absolute atomic E-state index is 0.0593. The summed E-state index contributed by atoms with van der Waals surface area (Å²) in [6, 6.07) is 33.0. The number of aliphatic hydroxyl groups excluding tert-OH is 1. The van der Waals surface area contributed by atoms with E-state index in [-0.39, 0.29) is 25.1 Å². The number of aliphatic hydroxyl groups is 1. The van der Waals surface area contributed by atoms with Gasteiger partial charge in [-0.05, 0) is 70.5 Å². The zero-order valence-corrected chi connectivity index (χ0v) is 24.9. The molecule has 2 atom stereocenters. The molecule has 9 nitrogen and oxygen atoms in total. The number of hydrogen-bond donors (Lipinski definition) is 2. The van der Waals surface area contributed by atoms with E-state index < -0.39 is 11.6 Å². The van der Waals surface area contributed by atoms with Crippen molar-refractivity contribution in [2.24, 2.45) is 10.1 Å². The Bertz CT molecular complexity index is 1690. The highest BCUT2D eigenvalue weighted by molar-refractivity contribution is 6.01. The highest BCUT2D eigenvalue weighted by Crippen LogP contribution is 2.44. The number of nitrogens with one attached hydrogen (secondary N) is 1. The number of fused-ring (bicyclic) bond motifs is 1. The van der Waals surface area contributed by atoms with E-state index in [9.17, 15) is 4.79 Å². The largest absolute Gasteiger partial charge is 0.494 e. The molecule has 2 aliphatic rings. The SMILES string of the molecule is [N-]=[N+]=NCc1ccccc1[C@H]1OC(c2ccc(OCCCO)cc2)=N[C@@]1(Cc1ccccc1)C(=O)NC1Cc2ccccc2C1. The smallest absolute Gasteiger partial charge is 0.252 e. The Balaban J connectivity index is 1.42. The number of amides is 1. The summed E-state index contributed by atoms with van der Waals surface area (Å²) in [6.45, 7) is 0.579. The summed E-state index contributed by atoms with van der Waals surface area (Å²) in [6.07, 6.45) is 1.54. The number of azide groups is 1. The maximum Gasteiger partial charge on any atom is 0.252 e. The Labute approximate surface area is 262 Å².